The molecule has 0 saturated heterocycles. The highest BCUT2D eigenvalue weighted by Gasteiger charge is 2.07. The van der Waals surface area contributed by atoms with Gasteiger partial charge in [-0.15, -0.1) is 22.7 Å². The fourth-order valence-electron chi connectivity index (χ4n) is 1.98. The van der Waals surface area contributed by atoms with Crippen molar-refractivity contribution in [2.75, 3.05) is 0 Å². The molecule has 0 unspecified atom stereocenters. The lowest BCUT2D eigenvalue weighted by Gasteiger charge is -2.02. The molecule has 106 valence electrons. The quantitative estimate of drug-likeness (QED) is 0.725. The first-order chi connectivity index (χ1) is 10.2. The number of aromatic nitrogens is 1. The van der Waals surface area contributed by atoms with Crippen molar-refractivity contribution >= 4 is 28.6 Å². The van der Waals surface area contributed by atoms with Gasteiger partial charge in [0.1, 0.15) is 0 Å². The number of rotatable bonds is 3. The van der Waals surface area contributed by atoms with Crippen LogP contribution in [0.1, 0.15) is 20.1 Å². The highest BCUT2D eigenvalue weighted by atomic mass is 32.1. The molecule has 0 saturated carbocycles. The normalized spacial score (nSPS) is 11.8. The van der Waals surface area contributed by atoms with Gasteiger partial charge >= 0.3 is 0 Å². The number of thiazole rings is 1. The van der Waals surface area contributed by atoms with Crippen LogP contribution in [0, 0.1) is 6.92 Å². The number of amides is 1. The summed E-state index contributed by atoms with van der Waals surface area (Å²) in [7, 11) is 0. The van der Waals surface area contributed by atoms with Gasteiger partial charge in [-0.25, -0.2) is 0 Å². The van der Waals surface area contributed by atoms with E-state index in [9.17, 15) is 4.79 Å². The summed E-state index contributed by atoms with van der Waals surface area (Å²) in [6, 6.07) is 13.9. The van der Waals surface area contributed by atoms with Gasteiger partial charge in [0.25, 0.3) is 5.91 Å². The monoisotopic (exact) mass is 314 g/mol. The van der Waals surface area contributed by atoms with Crippen molar-refractivity contribution in [3.63, 3.8) is 0 Å². The predicted octanol–water partition coefficient (Wildman–Crippen LogP) is 3.71. The lowest BCUT2D eigenvalue weighted by Crippen LogP contribution is -2.16. The van der Waals surface area contributed by atoms with E-state index in [2.05, 4.69) is 17.1 Å². The van der Waals surface area contributed by atoms with Crippen molar-refractivity contribution in [3.05, 3.63) is 74.2 Å². The van der Waals surface area contributed by atoms with Crippen LogP contribution in [0.25, 0.3) is 0 Å². The fourth-order valence-corrected chi connectivity index (χ4v) is 3.46. The standard InChI is InChI=1S/C16H14N2OS2/c1-12-7-8-14(21-12)15(19)17-16-18(9-10-20-16)11-13-5-3-2-4-6-13/h2-10H,11H2,1H3. The fraction of sp³-hybridized carbons (Fsp3) is 0.125. The van der Waals surface area contributed by atoms with E-state index in [-0.39, 0.29) is 5.91 Å². The van der Waals surface area contributed by atoms with Crippen molar-refractivity contribution in [2.24, 2.45) is 4.99 Å². The van der Waals surface area contributed by atoms with Crippen molar-refractivity contribution in [1.82, 2.24) is 4.57 Å². The maximum Gasteiger partial charge on any atom is 0.289 e. The Morgan fingerprint density at radius 3 is 2.71 bits per heavy atom. The molecule has 0 radical (unpaired) electrons. The Labute approximate surface area is 130 Å². The third kappa shape index (κ3) is 3.37. The molecule has 0 aliphatic heterocycles. The molecule has 0 bridgehead atoms. The van der Waals surface area contributed by atoms with Gasteiger partial charge in [0.15, 0.2) is 4.80 Å². The Bertz CT molecular complexity index is 812. The number of carbonyl (C=O) groups is 1. The molecule has 1 amide bonds. The summed E-state index contributed by atoms with van der Waals surface area (Å²) >= 11 is 2.96. The van der Waals surface area contributed by atoms with E-state index >= 15 is 0 Å². The highest BCUT2D eigenvalue weighted by molar-refractivity contribution is 7.14. The molecule has 0 spiro atoms. The molecule has 5 heteroatoms. The van der Waals surface area contributed by atoms with E-state index in [1.165, 1.54) is 28.2 Å². The molecule has 1 aromatic carbocycles. The van der Waals surface area contributed by atoms with E-state index < -0.39 is 0 Å². The summed E-state index contributed by atoms with van der Waals surface area (Å²) in [6.07, 6.45) is 1.96. The van der Waals surface area contributed by atoms with Crippen molar-refractivity contribution in [1.29, 1.82) is 0 Å². The predicted molar refractivity (Wildman–Crippen MR) is 86.8 cm³/mol. The second-order valence-electron chi connectivity index (χ2n) is 4.63. The second-order valence-corrected chi connectivity index (χ2v) is 6.79. The lowest BCUT2D eigenvalue weighted by atomic mass is 10.2. The van der Waals surface area contributed by atoms with Crippen molar-refractivity contribution < 1.29 is 4.79 Å². The van der Waals surface area contributed by atoms with Crippen LogP contribution < -0.4 is 4.80 Å². The maximum atomic E-state index is 12.2. The largest absolute Gasteiger partial charge is 0.319 e. The van der Waals surface area contributed by atoms with Crippen LogP contribution in [0.3, 0.4) is 0 Å². The molecule has 0 aliphatic carbocycles. The summed E-state index contributed by atoms with van der Waals surface area (Å²) < 4.78 is 2.00. The Hall–Kier alpha value is -1.98. The minimum Gasteiger partial charge on any atom is -0.319 e. The third-order valence-corrected chi connectivity index (χ3v) is 4.79. The minimum absolute atomic E-state index is 0.169. The molecule has 0 N–H and O–H groups in total. The minimum atomic E-state index is -0.169. The van der Waals surface area contributed by atoms with E-state index in [4.69, 9.17) is 0 Å². The molecular weight excluding hydrogens is 300 g/mol. The molecule has 3 aromatic rings. The summed E-state index contributed by atoms with van der Waals surface area (Å²) in [5, 5.41) is 1.95. The first-order valence-electron chi connectivity index (χ1n) is 6.56. The first-order valence-corrected chi connectivity index (χ1v) is 8.25. The summed E-state index contributed by atoms with van der Waals surface area (Å²) in [5.41, 5.74) is 1.19. The summed E-state index contributed by atoms with van der Waals surface area (Å²) in [4.78, 5) is 19.0. The van der Waals surface area contributed by atoms with E-state index in [1.54, 1.807) is 0 Å². The molecule has 0 aliphatic rings. The first kappa shape index (κ1) is 14.0. The van der Waals surface area contributed by atoms with Crippen LogP contribution in [0.4, 0.5) is 0 Å². The molecule has 3 rings (SSSR count). The number of hydrogen-bond donors (Lipinski definition) is 0. The lowest BCUT2D eigenvalue weighted by molar-refractivity contribution is 0.100. The molecule has 3 nitrogen and oxygen atoms in total. The van der Waals surface area contributed by atoms with Gasteiger partial charge in [0.05, 0.1) is 4.88 Å². The average Bonchev–Trinajstić information content (AvgIpc) is 3.10. The van der Waals surface area contributed by atoms with Crippen molar-refractivity contribution in [3.8, 4) is 0 Å². The van der Waals surface area contributed by atoms with Crippen LogP contribution in [-0.2, 0) is 6.54 Å². The van der Waals surface area contributed by atoms with Gasteiger partial charge in [-0.05, 0) is 24.6 Å². The molecule has 2 aromatic heterocycles. The van der Waals surface area contributed by atoms with Gasteiger partial charge in [0.2, 0.25) is 0 Å². The summed E-state index contributed by atoms with van der Waals surface area (Å²) in [6.45, 7) is 2.71. The number of nitrogens with zero attached hydrogens (tertiary/aromatic N) is 2. The maximum absolute atomic E-state index is 12.2. The molecule has 2 heterocycles. The van der Waals surface area contributed by atoms with Gasteiger partial charge in [0, 0.05) is 23.0 Å². The highest BCUT2D eigenvalue weighted by Crippen LogP contribution is 2.15. The SMILES string of the molecule is Cc1ccc(C(=O)N=c2sccn2Cc2ccccc2)s1. The molecule has 0 fully saturated rings. The van der Waals surface area contributed by atoms with E-state index in [0.29, 0.717) is 4.88 Å². The van der Waals surface area contributed by atoms with Gasteiger partial charge in [-0.1, -0.05) is 30.3 Å². The van der Waals surface area contributed by atoms with E-state index in [1.807, 2.05) is 53.4 Å². The number of thiophene rings is 1. The average molecular weight is 314 g/mol. The van der Waals surface area contributed by atoms with Crippen LogP contribution in [-0.4, -0.2) is 10.5 Å². The van der Waals surface area contributed by atoms with Crippen LogP contribution >= 0.6 is 22.7 Å². The van der Waals surface area contributed by atoms with Gasteiger partial charge in [-0.2, -0.15) is 4.99 Å². The van der Waals surface area contributed by atoms with Crippen LogP contribution in [0.2, 0.25) is 0 Å². The topological polar surface area (TPSA) is 34.4 Å². The van der Waals surface area contributed by atoms with E-state index in [0.717, 1.165) is 16.2 Å². The zero-order valence-electron chi connectivity index (χ0n) is 11.5. The smallest absolute Gasteiger partial charge is 0.289 e. The number of hydrogen-bond acceptors (Lipinski definition) is 3. The molecule has 21 heavy (non-hydrogen) atoms. The van der Waals surface area contributed by atoms with Crippen LogP contribution in [0.15, 0.2) is 59.0 Å². The number of aryl methyl sites for hydroxylation is 1. The zero-order chi connectivity index (χ0) is 14.7. The van der Waals surface area contributed by atoms with Crippen molar-refractivity contribution in [2.45, 2.75) is 13.5 Å². The Morgan fingerprint density at radius 1 is 1.19 bits per heavy atom. The zero-order valence-corrected chi connectivity index (χ0v) is 13.2. The number of benzene rings is 1. The van der Waals surface area contributed by atoms with Gasteiger partial charge < -0.3 is 4.57 Å². The Balaban J connectivity index is 1.88. The Kier molecular flexibility index (Phi) is 4.13. The molecule has 0 atom stereocenters. The van der Waals surface area contributed by atoms with Crippen LogP contribution in [0.5, 0.6) is 0 Å². The second kappa shape index (κ2) is 6.20. The van der Waals surface area contributed by atoms with Gasteiger partial charge in [-0.3, -0.25) is 4.79 Å². The number of carbonyl (C=O) groups excluding carboxylic acids is 1. The molecular formula is C16H14N2OS2. The summed E-state index contributed by atoms with van der Waals surface area (Å²) in [5.74, 6) is -0.169. The Morgan fingerprint density at radius 2 is 2.00 bits per heavy atom. The third-order valence-electron chi connectivity index (χ3n) is 3.00.